The van der Waals surface area contributed by atoms with E-state index < -0.39 is 17.7 Å². The molecule has 1 aliphatic rings. The Morgan fingerprint density at radius 1 is 0.857 bits per heavy atom. The van der Waals surface area contributed by atoms with Gasteiger partial charge < -0.3 is 14.4 Å². The maximum Gasteiger partial charge on any atom is 0.300 e. The number of benzene rings is 4. The van der Waals surface area contributed by atoms with Crippen LogP contribution in [0.3, 0.4) is 0 Å². The number of carbonyl (C=O) groups is 2. The summed E-state index contributed by atoms with van der Waals surface area (Å²) in [6.07, 6.45) is 1.94. The molecular formula is C36H32N2O4. The molecule has 1 N–H and O–H groups in total. The molecule has 1 unspecified atom stereocenters. The Bertz CT molecular complexity index is 1860. The van der Waals surface area contributed by atoms with Gasteiger partial charge in [0.05, 0.1) is 11.6 Å². The van der Waals surface area contributed by atoms with Crippen LogP contribution in [0.1, 0.15) is 39.4 Å². The molecule has 1 aliphatic heterocycles. The molecule has 1 fully saturated rings. The van der Waals surface area contributed by atoms with Gasteiger partial charge in [0.15, 0.2) is 0 Å². The Morgan fingerprint density at radius 3 is 2.26 bits per heavy atom. The summed E-state index contributed by atoms with van der Waals surface area (Å²) < 4.78 is 8.01. The number of hydrogen-bond donors (Lipinski definition) is 1. The number of aromatic nitrogens is 1. The highest BCUT2D eigenvalue weighted by Gasteiger charge is 2.48. The van der Waals surface area contributed by atoms with E-state index in [0.717, 1.165) is 38.7 Å². The summed E-state index contributed by atoms with van der Waals surface area (Å²) in [5.41, 5.74) is 6.67. The van der Waals surface area contributed by atoms with Crippen molar-refractivity contribution in [3.05, 3.63) is 136 Å². The van der Waals surface area contributed by atoms with Crippen LogP contribution in [0, 0.1) is 20.8 Å². The van der Waals surface area contributed by atoms with E-state index in [9.17, 15) is 14.7 Å². The van der Waals surface area contributed by atoms with Gasteiger partial charge >= 0.3 is 0 Å². The molecule has 1 amide bonds. The van der Waals surface area contributed by atoms with Gasteiger partial charge in [0.2, 0.25) is 0 Å². The number of carbonyl (C=O) groups excluding carboxylic acids is 2. The van der Waals surface area contributed by atoms with Gasteiger partial charge in [-0.1, -0.05) is 54.6 Å². The average Bonchev–Trinajstić information content (AvgIpc) is 3.44. The number of hydrogen-bond acceptors (Lipinski definition) is 4. The summed E-state index contributed by atoms with van der Waals surface area (Å²) in [6, 6.07) is 28.1. The van der Waals surface area contributed by atoms with Gasteiger partial charge in [-0.2, -0.15) is 0 Å². The number of aliphatic hydroxyl groups excluding tert-OH is 1. The second kappa shape index (κ2) is 10.7. The smallest absolute Gasteiger partial charge is 0.300 e. The van der Waals surface area contributed by atoms with Crippen LogP contribution < -0.4 is 9.64 Å². The van der Waals surface area contributed by atoms with E-state index in [1.807, 2.05) is 111 Å². The van der Waals surface area contributed by atoms with Gasteiger partial charge in [-0.05, 0) is 79.4 Å². The lowest BCUT2D eigenvalue weighted by molar-refractivity contribution is -0.132. The Hall–Kier alpha value is -5.10. The monoisotopic (exact) mass is 556 g/mol. The lowest BCUT2D eigenvalue weighted by Crippen LogP contribution is -2.29. The summed E-state index contributed by atoms with van der Waals surface area (Å²) in [6.45, 7) is 6.23. The predicted molar refractivity (Wildman–Crippen MR) is 166 cm³/mol. The van der Waals surface area contributed by atoms with Crippen molar-refractivity contribution < 1.29 is 19.4 Å². The molecule has 0 bridgehead atoms. The third-order valence-electron chi connectivity index (χ3n) is 7.84. The van der Waals surface area contributed by atoms with Crippen LogP contribution in [0.2, 0.25) is 0 Å². The van der Waals surface area contributed by atoms with E-state index in [2.05, 4.69) is 0 Å². The zero-order valence-electron chi connectivity index (χ0n) is 24.1. The van der Waals surface area contributed by atoms with Gasteiger partial charge in [0.25, 0.3) is 11.7 Å². The largest absolute Gasteiger partial charge is 0.507 e. The number of ether oxygens (including phenoxy) is 1. The topological polar surface area (TPSA) is 71.8 Å². The Morgan fingerprint density at radius 2 is 1.55 bits per heavy atom. The second-order valence-corrected chi connectivity index (χ2v) is 11.0. The molecule has 0 aliphatic carbocycles. The van der Waals surface area contributed by atoms with Crippen molar-refractivity contribution in [1.82, 2.24) is 4.57 Å². The molecule has 2 heterocycles. The number of aliphatic hydroxyl groups is 1. The average molecular weight is 557 g/mol. The number of ketones is 1. The van der Waals surface area contributed by atoms with Crippen LogP contribution in [0.5, 0.6) is 5.75 Å². The van der Waals surface area contributed by atoms with E-state index in [0.29, 0.717) is 23.6 Å². The summed E-state index contributed by atoms with van der Waals surface area (Å²) in [5, 5.41) is 12.7. The first kappa shape index (κ1) is 27.1. The molecule has 6 rings (SSSR count). The van der Waals surface area contributed by atoms with Crippen LogP contribution in [-0.4, -0.2) is 21.4 Å². The molecule has 1 saturated heterocycles. The fourth-order valence-electron chi connectivity index (χ4n) is 5.92. The molecule has 6 heteroatoms. The van der Waals surface area contributed by atoms with E-state index in [-0.39, 0.29) is 11.3 Å². The van der Waals surface area contributed by atoms with Crippen molar-refractivity contribution in [2.45, 2.75) is 33.4 Å². The molecule has 0 saturated carbocycles. The highest BCUT2D eigenvalue weighted by Crippen LogP contribution is 2.45. The predicted octanol–water partition coefficient (Wildman–Crippen LogP) is 7.31. The molecule has 4 aromatic carbocycles. The minimum absolute atomic E-state index is 0.0628. The molecule has 6 nitrogen and oxygen atoms in total. The third-order valence-corrected chi connectivity index (χ3v) is 7.84. The second-order valence-electron chi connectivity index (χ2n) is 11.0. The minimum Gasteiger partial charge on any atom is -0.507 e. The number of rotatable bonds is 6. The van der Waals surface area contributed by atoms with Crippen molar-refractivity contribution in [3.63, 3.8) is 0 Å². The molecule has 1 atom stereocenters. The van der Waals surface area contributed by atoms with Crippen LogP contribution in [0.25, 0.3) is 16.7 Å². The quantitative estimate of drug-likeness (QED) is 0.135. The lowest BCUT2D eigenvalue weighted by atomic mass is 9.94. The van der Waals surface area contributed by atoms with Gasteiger partial charge in [-0.25, -0.2) is 0 Å². The number of para-hydroxylation sites is 1. The van der Waals surface area contributed by atoms with E-state index in [1.54, 1.807) is 18.2 Å². The fourth-order valence-corrected chi connectivity index (χ4v) is 5.92. The summed E-state index contributed by atoms with van der Waals surface area (Å²) >= 11 is 0. The van der Waals surface area contributed by atoms with Gasteiger partial charge in [0.1, 0.15) is 18.1 Å². The highest BCUT2D eigenvalue weighted by atomic mass is 16.5. The van der Waals surface area contributed by atoms with Crippen LogP contribution in [0.15, 0.2) is 103 Å². The highest BCUT2D eigenvalue weighted by molar-refractivity contribution is 6.52. The van der Waals surface area contributed by atoms with Crippen molar-refractivity contribution in [2.24, 2.45) is 7.05 Å². The number of fused-ring (bicyclic) bond motifs is 1. The van der Waals surface area contributed by atoms with E-state index >= 15 is 0 Å². The molecule has 5 aromatic rings. The summed E-state index contributed by atoms with van der Waals surface area (Å²) in [4.78, 5) is 29.0. The summed E-state index contributed by atoms with van der Waals surface area (Å²) in [7, 11) is 1.94. The van der Waals surface area contributed by atoms with Gasteiger partial charge in [-0.15, -0.1) is 0 Å². The van der Waals surface area contributed by atoms with Crippen LogP contribution >= 0.6 is 0 Å². The number of amides is 1. The molecule has 0 radical (unpaired) electrons. The minimum atomic E-state index is -0.813. The number of Topliss-reactive ketones (excluding diaryl/α,β-unsaturated/α-hetero) is 1. The fraction of sp³-hybridized carbons (Fsp3) is 0.167. The molecular weight excluding hydrogens is 524 g/mol. The first-order chi connectivity index (χ1) is 20.2. The molecule has 1 aromatic heterocycles. The van der Waals surface area contributed by atoms with Gasteiger partial charge in [0, 0.05) is 41.0 Å². The summed E-state index contributed by atoms with van der Waals surface area (Å²) in [5.74, 6) is -0.918. The normalized spacial score (nSPS) is 16.4. The Balaban J connectivity index is 1.48. The standard InChI is InChI=1S/C36H32N2O4/c1-22-16-23(2)18-27(17-22)38-33(29-20-37(4)30-13-9-8-12-28(29)30)32(35(40)36(38)41)34(39)26-14-15-31(24(3)19-26)42-21-25-10-6-5-7-11-25/h5-20,33,39H,21H2,1-4H3/b34-32+. The number of nitrogens with zero attached hydrogens (tertiary/aromatic N) is 2. The lowest BCUT2D eigenvalue weighted by Gasteiger charge is -2.26. The van der Waals surface area contributed by atoms with Crippen LogP contribution in [0.4, 0.5) is 5.69 Å². The van der Waals surface area contributed by atoms with Crippen LogP contribution in [-0.2, 0) is 23.2 Å². The van der Waals surface area contributed by atoms with Gasteiger partial charge in [-0.3, -0.25) is 14.5 Å². The first-order valence-electron chi connectivity index (χ1n) is 13.9. The first-order valence-corrected chi connectivity index (χ1v) is 13.9. The maximum absolute atomic E-state index is 13.8. The Kier molecular flexibility index (Phi) is 6.91. The molecule has 42 heavy (non-hydrogen) atoms. The Labute approximate surface area is 245 Å². The van der Waals surface area contributed by atoms with Crippen molar-refractivity contribution >= 4 is 34.0 Å². The number of aryl methyl sites for hydroxylation is 4. The third kappa shape index (κ3) is 4.75. The SMILES string of the molecule is Cc1cc(C)cc(N2C(=O)C(=O)/C(=C(/O)c3ccc(OCc4ccccc4)c(C)c3)C2c2cn(C)c3ccccc23)c1. The zero-order valence-corrected chi connectivity index (χ0v) is 24.1. The van der Waals surface area contributed by atoms with E-state index in [4.69, 9.17) is 4.74 Å². The number of anilines is 1. The molecule has 210 valence electrons. The maximum atomic E-state index is 13.8. The van der Waals surface area contributed by atoms with Crippen molar-refractivity contribution in [1.29, 1.82) is 0 Å². The molecule has 0 spiro atoms. The van der Waals surface area contributed by atoms with Crippen molar-refractivity contribution in [2.75, 3.05) is 4.90 Å². The van der Waals surface area contributed by atoms with Crippen molar-refractivity contribution in [3.8, 4) is 5.75 Å². The zero-order chi connectivity index (χ0) is 29.5. The van der Waals surface area contributed by atoms with E-state index in [1.165, 1.54) is 4.90 Å².